The molecule has 0 saturated heterocycles. The van der Waals surface area contributed by atoms with Gasteiger partial charge in [-0.3, -0.25) is 4.98 Å². The molecule has 0 atom stereocenters. The molecule has 1 N–H and O–H groups in total. The van der Waals surface area contributed by atoms with E-state index in [0.29, 0.717) is 28.5 Å². The molecule has 5 heteroatoms. The number of phenolic OH excluding ortho intramolecular Hbond substituents is 1. The van der Waals surface area contributed by atoms with Gasteiger partial charge in [0.25, 0.3) is 0 Å². The monoisotopic (exact) mass is 275 g/mol. The van der Waals surface area contributed by atoms with Gasteiger partial charge in [-0.15, -0.1) is 0 Å². The fourth-order valence-corrected chi connectivity index (χ4v) is 1.86. The lowest BCUT2D eigenvalue weighted by Crippen LogP contribution is -2.03. The number of rotatable bonds is 5. The second-order valence-electron chi connectivity index (χ2n) is 4.18. The third-order valence-corrected chi connectivity index (χ3v) is 2.99. The standard InChI is InChI=1S/C15H17NO4/c1-10-12(17)5-4-6-13(10)20-9-11-15(19-3)14(18-2)7-8-16-11/h4-8,17H,9H2,1-3H3. The van der Waals surface area contributed by atoms with Crippen LogP contribution < -0.4 is 14.2 Å². The molecule has 2 rings (SSSR count). The van der Waals surface area contributed by atoms with Crippen molar-refractivity contribution in [2.45, 2.75) is 13.5 Å². The van der Waals surface area contributed by atoms with Crippen molar-refractivity contribution in [1.82, 2.24) is 4.98 Å². The van der Waals surface area contributed by atoms with Gasteiger partial charge in [-0.25, -0.2) is 0 Å². The SMILES string of the molecule is COc1ccnc(COc2cccc(O)c2C)c1OC. The zero-order valence-corrected chi connectivity index (χ0v) is 11.7. The molecule has 1 aromatic heterocycles. The molecule has 106 valence electrons. The summed E-state index contributed by atoms with van der Waals surface area (Å²) in [6.45, 7) is 2.02. The Bertz CT molecular complexity index is 598. The molecule has 1 aromatic carbocycles. The van der Waals surface area contributed by atoms with E-state index in [2.05, 4.69) is 4.98 Å². The van der Waals surface area contributed by atoms with Crippen molar-refractivity contribution in [3.63, 3.8) is 0 Å². The first-order valence-electron chi connectivity index (χ1n) is 6.14. The number of pyridine rings is 1. The molecular formula is C15H17NO4. The molecule has 20 heavy (non-hydrogen) atoms. The van der Waals surface area contributed by atoms with E-state index in [1.807, 2.05) is 0 Å². The summed E-state index contributed by atoms with van der Waals surface area (Å²) in [5.74, 6) is 1.96. The van der Waals surface area contributed by atoms with Crippen molar-refractivity contribution in [3.8, 4) is 23.0 Å². The van der Waals surface area contributed by atoms with Crippen LogP contribution in [0, 0.1) is 6.92 Å². The Kier molecular flexibility index (Phi) is 4.30. The molecule has 2 aromatic rings. The summed E-state index contributed by atoms with van der Waals surface area (Å²) in [7, 11) is 3.13. The number of aromatic nitrogens is 1. The Morgan fingerprint density at radius 1 is 1.10 bits per heavy atom. The van der Waals surface area contributed by atoms with E-state index in [-0.39, 0.29) is 12.4 Å². The van der Waals surface area contributed by atoms with Gasteiger partial charge in [-0.05, 0) is 19.1 Å². The molecule has 0 aliphatic carbocycles. The Morgan fingerprint density at radius 2 is 1.90 bits per heavy atom. The van der Waals surface area contributed by atoms with Crippen LogP contribution in [0.3, 0.4) is 0 Å². The molecule has 5 nitrogen and oxygen atoms in total. The minimum Gasteiger partial charge on any atom is -0.508 e. The van der Waals surface area contributed by atoms with Crippen LogP contribution in [0.4, 0.5) is 0 Å². The minimum absolute atomic E-state index is 0.202. The van der Waals surface area contributed by atoms with E-state index < -0.39 is 0 Å². The predicted octanol–water partition coefficient (Wildman–Crippen LogP) is 2.69. The van der Waals surface area contributed by atoms with E-state index in [0.717, 1.165) is 0 Å². The molecule has 0 amide bonds. The van der Waals surface area contributed by atoms with E-state index in [4.69, 9.17) is 14.2 Å². The summed E-state index contributed by atoms with van der Waals surface area (Å²) in [5, 5.41) is 9.64. The Hall–Kier alpha value is -2.43. The molecule has 0 unspecified atom stereocenters. The average Bonchev–Trinajstić information content (AvgIpc) is 2.48. The van der Waals surface area contributed by atoms with Crippen LogP contribution >= 0.6 is 0 Å². The second kappa shape index (κ2) is 6.14. The number of ether oxygens (including phenoxy) is 3. The summed E-state index contributed by atoms with van der Waals surface area (Å²) >= 11 is 0. The first-order chi connectivity index (χ1) is 9.67. The first-order valence-corrected chi connectivity index (χ1v) is 6.14. The van der Waals surface area contributed by atoms with Crippen LogP contribution in [0.15, 0.2) is 30.5 Å². The lowest BCUT2D eigenvalue weighted by atomic mass is 10.2. The summed E-state index contributed by atoms with van der Waals surface area (Å²) in [4.78, 5) is 4.23. The number of benzene rings is 1. The van der Waals surface area contributed by atoms with Crippen molar-refractivity contribution in [1.29, 1.82) is 0 Å². The zero-order chi connectivity index (χ0) is 14.5. The highest BCUT2D eigenvalue weighted by Gasteiger charge is 2.12. The smallest absolute Gasteiger partial charge is 0.185 e. The molecule has 0 bridgehead atoms. The Balaban J connectivity index is 2.21. The third-order valence-electron chi connectivity index (χ3n) is 2.99. The maximum Gasteiger partial charge on any atom is 0.185 e. The van der Waals surface area contributed by atoms with Gasteiger partial charge in [0, 0.05) is 17.8 Å². The van der Waals surface area contributed by atoms with Gasteiger partial charge in [0.1, 0.15) is 23.8 Å². The molecule has 0 saturated carbocycles. The number of phenols is 1. The van der Waals surface area contributed by atoms with E-state index in [1.54, 1.807) is 51.6 Å². The molecule has 0 aliphatic heterocycles. The number of hydrogen-bond acceptors (Lipinski definition) is 5. The summed E-state index contributed by atoms with van der Waals surface area (Å²) in [5.41, 5.74) is 1.32. The molecule has 1 heterocycles. The Labute approximate surface area is 117 Å². The van der Waals surface area contributed by atoms with E-state index in [9.17, 15) is 5.11 Å². The third kappa shape index (κ3) is 2.77. The van der Waals surface area contributed by atoms with Crippen LogP contribution in [0.5, 0.6) is 23.0 Å². The normalized spacial score (nSPS) is 10.2. The van der Waals surface area contributed by atoms with Crippen LogP contribution in [0.2, 0.25) is 0 Å². The molecule has 0 spiro atoms. The highest BCUT2D eigenvalue weighted by Crippen LogP contribution is 2.31. The quantitative estimate of drug-likeness (QED) is 0.909. The van der Waals surface area contributed by atoms with Gasteiger partial charge in [0.15, 0.2) is 11.5 Å². The van der Waals surface area contributed by atoms with E-state index >= 15 is 0 Å². The van der Waals surface area contributed by atoms with E-state index in [1.165, 1.54) is 0 Å². The topological polar surface area (TPSA) is 60.8 Å². The van der Waals surface area contributed by atoms with Crippen molar-refractivity contribution in [3.05, 3.63) is 41.7 Å². The van der Waals surface area contributed by atoms with Gasteiger partial charge in [0.05, 0.1) is 14.2 Å². The van der Waals surface area contributed by atoms with Crippen molar-refractivity contribution in [2.24, 2.45) is 0 Å². The molecule has 0 fully saturated rings. The summed E-state index contributed by atoms with van der Waals surface area (Å²) < 4.78 is 16.2. The van der Waals surface area contributed by atoms with Crippen molar-refractivity contribution >= 4 is 0 Å². The van der Waals surface area contributed by atoms with Crippen molar-refractivity contribution < 1.29 is 19.3 Å². The maximum absolute atomic E-state index is 9.64. The fourth-order valence-electron chi connectivity index (χ4n) is 1.86. The fraction of sp³-hybridized carbons (Fsp3) is 0.267. The molecule has 0 radical (unpaired) electrons. The Morgan fingerprint density at radius 3 is 2.60 bits per heavy atom. The highest BCUT2D eigenvalue weighted by atomic mass is 16.5. The van der Waals surface area contributed by atoms with Crippen LogP contribution in [0.25, 0.3) is 0 Å². The average molecular weight is 275 g/mol. The first kappa shape index (κ1) is 14.0. The number of nitrogens with zero attached hydrogens (tertiary/aromatic N) is 1. The summed E-state index contributed by atoms with van der Waals surface area (Å²) in [6, 6.07) is 6.87. The van der Waals surface area contributed by atoms with Gasteiger partial charge in [-0.2, -0.15) is 0 Å². The van der Waals surface area contributed by atoms with Crippen LogP contribution in [-0.4, -0.2) is 24.3 Å². The minimum atomic E-state index is 0.202. The largest absolute Gasteiger partial charge is 0.508 e. The number of hydrogen-bond donors (Lipinski definition) is 1. The lowest BCUT2D eigenvalue weighted by molar-refractivity contribution is 0.282. The van der Waals surface area contributed by atoms with Gasteiger partial charge < -0.3 is 19.3 Å². The molecule has 0 aliphatic rings. The van der Waals surface area contributed by atoms with Gasteiger partial charge in [-0.1, -0.05) is 6.07 Å². The maximum atomic E-state index is 9.64. The second-order valence-corrected chi connectivity index (χ2v) is 4.18. The highest BCUT2D eigenvalue weighted by molar-refractivity contribution is 5.44. The van der Waals surface area contributed by atoms with Gasteiger partial charge in [0.2, 0.25) is 0 Å². The zero-order valence-electron chi connectivity index (χ0n) is 11.7. The number of aromatic hydroxyl groups is 1. The van der Waals surface area contributed by atoms with Crippen LogP contribution in [0.1, 0.15) is 11.3 Å². The predicted molar refractivity (Wildman–Crippen MR) is 74.5 cm³/mol. The number of methoxy groups -OCH3 is 2. The van der Waals surface area contributed by atoms with Crippen LogP contribution in [-0.2, 0) is 6.61 Å². The van der Waals surface area contributed by atoms with Crippen molar-refractivity contribution in [2.75, 3.05) is 14.2 Å². The molecular weight excluding hydrogens is 258 g/mol. The van der Waals surface area contributed by atoms with Gasteiger partial charge >= 0.3 is 0 Å². The lowest BCUT2D eigenvalue weighted by Gasteiger charge is -2.13. The summed E-state index contributed by atoms with van der Waals surface area (Å²) in [6.07, 6.45) is 1.63.